The molecule has 142 valence electrons. The molecule has 0 bridgehead atoms. The first-order valence-corrected chi connectivity index (χ1v) is 8.74. The van der Waals surface area contributed by atoms with Crippen molar-refractivity contribution in [1.82, 2.24) is 4.90 Å². The summed E-state index contributed by atoms with van der Waals surface area (Å²) in [6.45, 7) is 1.31. The molecule has 0 aliphatic rings. The first-order valence-electron chi connectivity index (χ1n) is 7.99. The molecule has 0 aliphatic heterocycles. The van der Waals surface area contributed by atoms with Gasteiger partial charge < -0.3 is 15.0 Å². The number of esters is 1. The second-order valence-corrected chi connectivity index (χ2v) is 6.65. The summed E-state index contributed by atoms with van der Waals surface area (Å²) in [6, 6.07) is 11.3. The minimum Gasteiger partial charge on any atom is -0.452 e. The predicted molar refractivity (Wildman–Crippen MR) is 104 cm³/mol. The fraction of sp³-hybridized carbons (Fsp3) is 0.211. The molecule has 2 rings (SSSR count). The number of ether oxygens (including phenoxy) is 1. The standard InChI is InChI=1S/C19H18Cl2N2O4/c1-12(24)22-15-6-4-14(5-7-15)19(26)27-11-18(25)23(2)10-13-3-8-16(20)17(21)9-13/h3-9H,10-11H2,1-2H3,(H,22,24). The molecule has 0 fully saturated rings. The first-order chi connectivity index (χ1) is 12.8. The first kappa shape index (κ1) is 20.7. The van der Waals surface area contributed by atoms with Gasteiger partial charge in [-0.3, -0.25) is 9.59 Å². The Morgan fingerprint density at radius 3 is 2.30 bits per heavy atom. The summed E-state index contributed by atoms with van der Waals surface area (Å²) < 4.78 is 5.05. The van der Waals surface area contributed by atoms with Crippen LogP contribution in [-0.2, 0) is 20.9 Å². The third kappa shape index (κ3) is 6.27. The van der Waals surface area contributed by atoms with Crippen molar-refractivity contribution in [3.05, 3.63) is 63.6 Å². The second-order valence-electron chi connectivity index (χ2n) is 5.83. The van der Waals surface area contributed by atoms with E-state index >= 15 is 0 Å². The SMILES string of the molecule is CC(=O)Nc1ccc(C(=O)OCC(=O)N(C)Cc2ccc(Cl)c(Cl)c2)cc1. The number of amides is 2. The summed E-state index contributed by atoms with van der Waals surface area (Å²) in [4.78, 5) is 36.6. The third-order valence-corrected chi connectivity index (χ3v) is 4.34. The zero-order valence-corrected chi connectivity index (χ0v) is 16.3. The van der Waals surface area contributed by atoms with Crippen LogP contribution in [0.3, 0.4) is 0 Å². The molecule has 0 unspecified atom stereocenters. The van der Waals surface area contributed by atoms with Crippen LogP contribution in [0.25, 0.3) is 0 Å². The molecule has 0 saturated carbocycles. The number of rotatable bonds is 6. The van der Waals surface area contributed by atoms with Gasteiger partial charge in [0.05, 0.1) is 15.6 Å². The van der Waals surface area contributed by atoms with E-state index < -0.39 is 5.97 Å². The van der Waals surface area contributed by atoms with Crippen LogP contribution in [0.15, 0.2) is 42.5 Å². The third-order valence-electron chi connectivity index (χ3n) is 3.60. The van der Waals surface area contributed by atoms with Crippen LogP contribution in [0.5, 0.6) is 0 Å². The number of carbonyl (C=O) groups is 3. The van der Waals surface area contributed by atoms with Crippen LogP contribution >= 0.6 is 23.2 Å². The normalized spacial score (nSPS) is 10.2. The number of anilines is 1. The van der Waals surface area contributed by atoms with Gasteiger partial charge in [-0.2, -0.15) is 0 Å². The van der Waals surface area contributed by atoms with Crippen LogP contribution in [0.2, 0.25) is 10.0 Å². The fourth-order valence-corrected chi connectivity index (χ4v) is 2.53. The lowest BCUT2D eigenvalue weighted by Crippen LogP contribution is -2.30. The molecule has 0 heterocycles. The van der Waals surface area contributed by atoms with Crippen LogP contribution in [0.1, 0.15) is 22.8 Å². The lowest BCUT2D eigenvalue weighted by molar-refractivity contribution is -0.133. The van der Waals surface area contributed by atoms with Crippen LogP contribution in [0.4, 0.5) is 5.69 Å². The van der Waals surface area contributed by atoms with Gasteiger partial charge in [0.25, 0.3) is 5.91 Å². The number of benzene rings is 2. The Hall–Kier alpha value is -2.57. The highest BCUT2D eigenvalue weighted by Gasteiger charge is 2.14. The van der Waals surface area contributed by atoms with Gasteiger partial charge in [-0.1, -0.05) is 29.3 Å². The van der Waals surface area contributed by atoms with Crippen molar-refractivity contribution >= 4 is 46.7 Å². The number of likely N-dealkylation sites (N-methyl/N-ethyl adjacent to an activating group) is 1. The highest BCUT2D eigenvalue weighted by atomic mass is 35.5. The van der Waals surface area contributed by atoms with Gasteiger partial charge in [-0.15, -0.1) is 0 Å². The van der Waals surface area contributed by atoms with Gasteiger partial charge >= 0.3 is 5.97 Å². The van der Waals surface area contributed by atoms with E-state index in [0.29, 0.717) is 22.3 Å². The largest absolute Gasteiger partial charge is 0.452 e. The van der Waals surface area contributed by atoms with E-state index in [1.165, 1.54) is 24.0 Å². The molecule has 2 amide bonds. The minimum atomic E-state index is -0.624. The van der Waals surface area contributed by atoms with E-state index in [1.54, 1.807) is 37.4 Å². The molecule has 0 aliphatic carbocycles. The number of nitrogens with zero attached hydrogens (tertiary/aromatic N) is 1. The second kappa shape index (κ2) is 9.39. The van der Waals surface area contributed by atoms with Gasteiger partial charge in [0.1, 0.15) is 0 Å². The molecule has 0 saturated heterocycles. The quantitative estimate of drug-likeness (QED) is 0.738. The van der Waals surface area contributed by atoms with Crippen LogP contribution in [-0.4, -0.2) is 36.3 Å². The molecule has 0 spiro atoms. The van der Waals surface area contributed by atoms with E-state index in [1.807, 2.05) is 0 Å². The van der Waals surface area contributed by atoms with E-state index in [4.69, 9.17) is 27.9 Å². The maximum atomic E-state index is 12.2. The maximum Gasteiger partial charge on any atom is 0.338 e. The lowest BCUT2D eigenvalue weighted by atomic mass is 10.2. The topological polar surface area (TPSA) is 75.7 Å². The molecule has 0 radical (unpaired) electrons. The Balaban J connectivity index is 1.87. The van der Waals surface area contributed by atoms with Crippen LogP contribution in [0, 0.1) is 0 Å². The van der Waals surface area contributed by atoms with E-state index in [2.05, 4.69) is 5.32 Å². The average Bonchev–Trinajstić information content (AvgIpc) is 2.62. The molecule has 8 heteroatoms. The monoisotopic (exact) mass is 408 g/mol. The minimum absolute atomic E-state index is 0.207. The van der Waals surface area contributed by atoms with Gasteiger partial charge in [-0.25, -0.2) is 4.79 Å². The van der Waals surface area contributed by atoms with Crippen molar-refractivity contribution in [3.63, 3.8) is 0 Å². The molecule has 2 aromatic rings. The molecule has 0 atom stereocenters. The Kier molecular flexibility index (Phi) is 7.21. The van der Waals surface area contributed by atoms with Gasteiger partial charge in [0.15, 0.2) is 6.61 Å². The van der Waals surface area contributed by atoms with Crippen molar-refractivity contribution < 1.29 is 19.1 Å². The molecular formula is C19H18Cl2N2O4. The van der Waals surface area contributed by atoms with Crippen molar-refractivity contribution in [3.8, 4) is 0 Å². The zero-order chi connectivity index (χ0) is 20.0. The summed E-state index contributed by atoms with van der Waals surface area (Å²) in [5, 5.41) is 3.44. The summed E-state index contributed by atoms with van der Waals surface area (Å²) >= 11 is 11.8. The van der Waals surface area contributed by atoms with E-state index in [0.717, 1.165) is 5.56 Å². The predicted octanol–water partition coefficient (Wildman–Crippen LogP) is 3.77. The van der Waals surface area contributed by atoms with Gasteiger partial charge in [0.2, 0.25) is 5.91 Å². The van der Waals surface area contributed by atoms with Gasteiger partial charge in [0, 0.05) is 26.2 Å². The fourth-order valence-electron chi connectivity index (χ4n) is 2.21. The Bertz CT molecular complexity index is 853. The Morgan fingerprint density at radius 2 is 1.70 bits per heavy atom. The van der Waals surface area contributed by atoms with E-state index in [-0.39, 0.29) is 24.0 Å². The lowest BCUT2D eigenvalue weighted by Gasteiger charge is -2.17. The van der Waals surface area contributed by atoms with Crippen molar-refractivity contribution in [2.75, 3.05) is 19.0 Å². The smallest absolute Gasteiger partial charge is 0.338 e. The Labute approximate surface area is 167 Å². The van der Waals surface area contributed by atoms with Crippen molar-refractivity contribution in [2.24, 2.45) is 0 Å². The summed E-state index contributed by atoms with van der Waals surface area (Å²) in [5.41, 5.74) is 1.65. The maximum absolute atomic E-state index is 12.2. The number of carbonyl (C=O) groups excluding carboxylic acids is 3. The molecule has 0 aromatic heterocycles. The van der Waals surface area contributed by atoms with Crippen molar-refractivity contribution in [2.45, 2.75) is 13.5 Å². The zero-order valence-electron chi connectivity index (χ0n) is 14.8. The van der Waals surface area contributed by atoms with Crippen LogP contribution < -0.4 is 5.32 Å². The number of halogens is 2. The summed E-state index contributed by atoms with van der Waals surface area (Å²) in [7, 11) is 1.60. The summed E-state index contributed by atoms with van der Waals surface area (Å²) in [6.07, 6.45) is 0. The molecule has 1 N–H and O–H groups in total. The highest BCUT2D eigenvalue weighted by Crippen LogP contribution is 2.23. The number of hydrogen-bond acceptors (Lipinski definition) is 4. The molecular weight excluding hydrogens is 391 g/mol. The molecule has 27 heavy (non-hydrogen) atoms. The van der Waals surface area contributed by atoms with E-state index in [9.17, 15) is 14.4 Å². The molecule has 2 aromatic carbocycles. The van der Waals surface area contributed by atoms with Gasteiger partial charge in [-0.05, 0) is 42.0 Å². The highest BCUT2D eigenvalue weighted by molar-refractivity contribution is 6.42. The summed E-state index contributed by atoms with van der Waals surface area (Å²) in [5.74, 6) is -1.19. The molecule has 6 nitrogen and oxygen atoms in total. The van der Waals surface area contributed by atoms with Crippen molar-refractivity contribution in [1.29, 1.82) is 0 Å². The number of nitrogens with one attached hydrogen (secondary N) is 1. The number of hydrogen-bond donors (Lipinski definition) is 1. The Morgan fingerprint density at radius 1 is 1.04 bits per heavy atom. The average molecular weight is 409 g/mol.